The largest absolute Gasteiger partial charge is 0.481 e. The maximum atomic E-state index is 12.5. The predicted octanol–water partition coefficient (Wildman–Crippen LogP) is 1.42. The summed E-state index contributed by atoms with van der Waals surface area (Å²) >= 11 is 0. The highest BCUT2D eigenvalue weighted by Gasteiger charge is 2.41. The number of hydrogen-bond donors (Lipinski definition) is 3. The van der Waals surface area contributed by atoms with Crippen molar-refractivity contribution in [3.05, 3.63) is 0 Å². The van der Waals surface area contributed by atoms with Gasteiger partial charge in [-0.2, -0.15) is 13.2 Å². The van der Waals surface area contributed by atoms with Gasteiger partial charge in [-0.05, 0) is 32.1 Å². The van der Waals surface area contributed by atoms with Crippen LogP contribution in [0.5, 0.6) is 0 Å². The molecular formula is C12H19F3N2O3. The average Bonchev–Trinajstić information content (AvgIpc) is 2.35. The van der Waals surface area contributed by atoms with E-state index in [0.717, 1.165) is 0 Å². The van der Waals surface area contributed by atoms with Gasteiger partial charge in [0.05, 0.1) is 12.0 Å². The molecule has 1 unspecified atom stereocenters. The Bertz CT molecular complexity index is 352. The lowest BCUT2D eigenvalue weighted by molar-refractivity contribution is -0.182. The summed E-state index contributed by atoms with van der Waals surface area (Å²) in [5.74, 6) is -2.84. The third kappa shape index (κ3) is 5.36. The first-order chi connectivity index (χ1) is 9.20. The van der Waals surface area contributed by atoms with Crippen LogP contribution in [0, 0.1) is 5.92 Å². The number of halogens is 3. The van der Waals surface area contributed by atoms with Gasteiger partial charge in [-0.3, -0.25) is 9.59 Å². The Balaban J connectivity index is 2.32. The minimum Gasteiger partial charge on any atom is -0.481 e. The number of carboxylic acids is 1. The van der Waals surface area contributed by atoms with E-state index < -0.39 is 30.0 Å². The van der Waals surface area contributed by atoms with Crippen LogP contribution in [0.2, 0.25) is 0 Å². The Morgan fingerprint density at radius 1 is 1.25 bits per heavy atom. The maximum Gasteiger partial charge on any atom is 0.391 e. The van der Waals surface area contributed by atoms with Crippen molar-refractivity contribution in [2.24, 2.45) is 11.7 Å². The van der Waals surface area contributed by atoms with Crippen LogP contribution in [0.4, 0.5) is 13.2 Å². The van der Waals surface area contributed by atoms with Crippen LogP contribution in [0.25, 0.3) is 0 Å². The summed E-state index contributed by atoms with van der Waals surface area (Å²) in [6.07, 6.45) is -3.85. The van der Waals surface area contributed by atoms with E-state index in [1.807, 2.05) is 0 Å². The molecule has 0 aliphatic heterocycles. The molecule has 0 radical (unpaired) electrons. The second kappa shape index (κ2) is 6.92. The number of aliphatic carboxylic acids is 1. The van der Waals surface area contributed by atoms with E-state index in [2.05, 4.69) is 5.32 Å². The van der Waals surface area contributed by atoms with Crippen LogP contribution < -0.4 is 11.1 Å². The van der Waals surface area contributed by atoms with Crippen molar-refractivity contribution in [1.82, 2.24) is 5.32 Å². The molecule has 1 amide bonds. The summed E-state index contributed by atoms with van der Waals surface area (Å²) in [7, 11) is 0. The van der Waals surface area contributed by atoms with Crippen LogP contribution in [-0.4, -0.2) is 35.2 Å². The molecule has 8 heteroatoms. The van der Waals surface area contributed by atoms with Crippen molar-refractivity contribution in [1.29, 1.82) is 0 Å². The van der Waals surface area contributed by atoms with Crippen LogP contribution >= 0.6 is 0 Å². The number of nitrogens with two attached hydrogens (primary N) is 1. The molecule has 1 aliphatic carbocycles. The first-order valence-corrected chi connectivity index (χ1v) is 6.54. The van der Waals surface area contributed by atoms with Crippen molar-refractivity contribution in [3.63, 3.8) is 0 Å². The fraction of sp³-hybridized carbons (Fsp3) is 0.833. The minimum absolute atomic E-state index is 0.00118. The van der Waals surface area contributed by atoms with E-state index in [1.54, 1.807) is 0 Å². The third-order valence-corrected chi connectivity index (χ3v) is 3.54. The second-order valence-electron chi connectivity index (χ2n) is 5.14. The molecule has 0 aromatic rings. The van der Waals surface area contributed by atoms with Gasteiger partial charge in [0.15, 0.2) is 0 Å². The Morgan fingerprint density at radius 2 is 1.80 bits per heavy atom. The summed E-state index contributed by atoms with van der Waals surface area (Å²) in [5.41, 5.74) is 5.52. The van der Waals surface area contributed by atoms with Crippen molar-refractivity contribution in [2.45, 2.75) is 56.8 Å². The number of nitrogens with one attached hydrogen (secondary N) is 1. The van der Waals surface area contributed by atoms with Gasteiger partial charge >= 0.3 is 12.1 Å². The summed E-state index contributed by atoms with van der Waals surface area (Å²) in [5, 5.41) is 11.1. The van der Waals surface area contributed by atoms with E-state index in [-0.39, 0.29) is 44.6 Å². The number of rotatable bonds is 5. The Labute approximate surface area is 114 Å². The zero-order valence-electron chi connectivity index (χ0n) is 10.9. The van der Waals surface area contributed by atoms with E-state index >= 15 is 0 Å². The molecule has 1 fully saturated rings. The Morgan fingerprint density at radius 3 is 2.25 bits per heavy atom. The van der Waals surface area contributed by atoms with Gasteiger partial charge in [0.1, 0.15) is 0 Å². The zero-order valence-corrected chi connectivity index (χ0v) is 10.9. The van der Waals surface area contributed by atoms with Crippen LogP contribution in [0.15, 0.2) is 0 Å². The summed E-state index contributed by atoms with van der Waals surface area (Å²) < 4.78 is 37.4. The topological polar surface area (TPSA) is 92.4 Å². The monoisotopic (exact) mass is 296 g/mol. The van der Waals surface area contributed by atoms with E-state index in [9.17, 15) is 22.8 Å². The number of carbonyl (C=O) groups excluding carboxylic acids is 1. The molecule has 116 valence electrons. The highest BCUT2D eigenvalue weighted by Crippen LogP contribution is 2.37. The van der Waals surface area contributed by atoms with Crippen LogP contribution in [0.1, 0.15) is 38.5 Å². The number of amides is 1. The molecule has 1 aliphatic rings. The molecule has 0 aromatic carbocycles. The van der Waals surface area contributed by atoms with Crippen molar-refractivity contribution < 1.29 is 27.9 Å². The Hall–Kier alpha value is -1.31. The van der Waals surface area contributed by atoms with Gasteiger partial charge in [-0.15, -0.1) is 0 Å². The molecule has 0 spiro atoms. The molecule has 0 heterocycles. The van der Waals surface area contributed by atoms with Crippen LogP contribution in [-0.2, 0) is 9.59 Å². The molecule has 4 N–H and O–H groups in total. The lowest BCUT2D eigenvalue weighted by Gasteiger charge is -2.30. The third-order valence-electron chi connectivity index (χ3n) is 3.54. The fourth-order valence-corrected chi connectivity index (χ4v) is 2.28. The normalized spacial score (nSPS) is 25.0. The predicted molar refractivity (Wildman–Crippen MR) is 64.8 cm³/mol. The molecular weight excluding hydrogens is 277 g/mol. The SMILES string of the molecule is NC(CCC(=O)O)C(=O)NC1CCC(C(F)(F)F)CC1. The van der Waals surface area contributed by atoms with Gasteiger partial charge in [0, 0.05) is 12.5 Å². The van der Waals surface area contributed by atoms with Gasteiger partial charge in [-0.25, -0.2) is 0 Å². The van der Waals surface area contributed by atoms with E-state index in [1.165, 1.54) is 0 Å². The lowest BCUT2D eigenvalue weighted by Crippen LogP contribution is -2.47. The molecule has 0 bridgehead atoms. The lowest BCUT2D eigenvalue weighted by atomic mass is 9.85. The number of alkyl halides is 3. The first-order valence-electron chi connectivity index (χ1n) is 6.54. The fourth-order valence-electron chi connectivity index (χ4n) is 2.28. The molecule has 0 saturated heterocycles. The molecule has 1 saturated carbocycles. The second-order valence-corrected chi connectivity index (χ2v) is 5.14. The average molecular weight is 296 g/mol. The molecule has 0 aromatic heterocycles. The van der Waals surface area contributed by atoms with Gasteiger partial charge in [0.2, 0.25) is 5.91 Å². The molecule has 1 rings (SSSR count). The standard InChI is InChI=1S/C12H19F3N2O3/c13-12(14,15)7-1-3-8(4-2-7)17-11(20)9(16)5-6-10(18)19/h7-9H,1-6,16H2,(H,17,20)(H,18,19). The summed E-state index contributed by atoms with van der Waals surface area (Å²) in [6, 6.07) is -1.25. The van der Waals surface area contributed by atoms with Gasteiger partial charge in [-0.1, -0.05) is 0 Å². The number of hydrogen-bond acceptors (Lipinski definition) is 3. The molecule has 20 heavy (non-hydrogen) atoms. The van der Waals surface area contributed by atoms with Gasteiger partial charge < -0.3 is 16.2 Å². The minimum atomic E-state index is -4.17. The van der Waals surface area contributed by atoms with Crippen LogP contribution in [0.3, 0.4) is 0 Å². The number of carbonyl (C=O) groups is 2. The van der Waals surface area contributed by atoms with Crippen molar-refractivity contribution in [2.75, 3.05) is 0 Å². The summed E-state index contributed by atoms with van der Waals surface area (Å²) in [4.78, 5) is 22.0. The smallest absolute Gasteiger partial charge is 0.391 e. The quantitative estimate of drug-likeness (QED) is 0.715. The van der Waals surface area contributed by atoms with Crippen molar-refractivity contribution in [3.8, 4) is 0 Å². The number of carboxylic acid groups (broad SMARTS) is 1. The Kier molecular flexibility index (Phi) is 5.79. The first kappa shape index (κ1) is 16.7. The van der Waals surface area contributed by atoms with E-state index in [0.29, 0.717) is 0 Å². The van der Waals surface area contributed by atoms with Crippen molar-refractivity contribution >= 4 is 11.9 Å². The maximum absolute atomic E-state index is 12.5. The summed E-state index contributed by atoms with van der Waals surface area (Å²) in [6.45, 7) is 0. The van der Waals surface area contributed by atoms with E-state index in [4.69, 9.17) is 10.8 Å². The van der Waals surface area contributed by atoms with Gasteiger partial charge in [0.25, 0.3) is 0 Å². The zero-order chi connectivity index (χ0) is 15.3. The molecule has 1 atom stereocenters. The highest BCUT2D eigenvalue weighted by atomic mass is 19.4. The molecule has 5 nitrogen and oxygen atoms in total. The highest BCUT2D eigenvalue weighted by molar-refractivity contribution is 5.82.